The average molecular weight is 241 g/mol. The van der Waals surface area contributed by atoms with Crippen molar-refractivity contribution in [1.29, 1.82) is 0 Å². The Bertz CT molecular complexity index is 285. The first kappa shape index (κ1) is 14.1. The molecule has 0 saturated heterocycles. The van der Waals surface area contributed by atoms with Gasteiger partial charge >= 0.3 is 19.5 Å². The zero-order valence-electron chi connectivity index (χ0n) is 7.66. The van der Waals surface area contributed by atoms with E-state index in [1.54, 1.807) is 0 Å². The van der Waals surface area contributed by atoms with E-state index in [1.165, 1.54) is 0 Å². The van der Waals surface area contributed by atoms with E-state index in [4.69, 9.17) is 20.0 Å². The summed E-state index contributed by atoms with van der Waals surface area (Å²) in [4.78, 5) is 37.6. The van der Waals surface area contributed by atoms with Gasteiger partial charge in [0.1, 0.15) is 6.04 Å². The zero-order chi connectivity index (χ0) is 12.1. The van der Waals surface area contributed by atoms with Gasteiger partial charge in [-0.15, -0.1) is 0 Å². The molecule has 88 valence electrons. The topological polar surface area (TPSA) is 144 Å². The van der Waals surface area contributed by atoms with Crippen LogP contribution >= 0.6 is 7.60 Å². The quantitative estimate of drug-likeness (QED) is 0.358. The van der Waals surface area contributed by atoms with E-state index in [-0.39, 0.29) is 12.8 Å². The molecule has 0 spiro atoms. The van der Waals surface area contributed by atoms with E-state index in [2.05, 4.69) is 5.32 Å². The number of carbonyl (C=O) groups is 2. The van der Waals surface area contributed by atoms with Gasteiger partial charge in [0.25, 0.3) is 0 Å². The summed E-state index contributed by atoms with van der Waals surface area (Å²) in [6, 6.07) is -1.27. The largest absolute Gasteiger partial charge is 0.481 e. The van der Waals surface area contributed by atoms with Crippen molar-refractivity contribution >= 4 is 19.5 Å². The van der Waals surface area contributed by atoms with E-state index in [9.17, 15) is 14.2 Å². The SMILES string of the molecule is O=C(O)CCC(NCP(=O)(O)O)C(=O)O. The van der Waals surface area contributed by atoms with E-state index in [0.29, 0.717) is 0 Å². The minimum absolute atomic E-state index is 0.231. The summed E-state index contributed by atoms with van der Waals surface area (Å²) in [5.41, 5.74) is 0. The minimum atomic E-state index is -4.33. The number of nitrogens with one attached hydrogen (secondary N) is 1. The van der Waals surface area contributed by atoms with Crippen molar-refractivity contribution in [2.75, 3.05) is 6.29 Å². The highest BCUT2D eigenvalue weighted by molar-refractivity contribution is 7.51. The second-order valence-electron chi connectivity index (χ2n) is 2.85. The highest BCUT2D eigenvalue weighted by Crippen LogP contribution is 2.32. The molecule has 9 heteroatoms. The van der Waals surface area contributed by atoms with Crippen LogP contribution in [0, 0.1) is 0 Å². The molecule has 5 N–H and O–H groups in total. The van der Waals surface area contributed by atoms with E-state index >= 15 is 0 Å². The molecule has 0 bridgehead atoms. The summed E-state index contributed by atoms with van der Waals surface area (Å²) < 4.78 is 10.4. The summed E-state index contributed by atoms with van der Waals surface area (Å²) in [7, 11) is -4.33. The van der Waals surface area contributed by atoms with E-state index in [1.807, 2.05) is 0 Å². The molecule has 0 saturated carbocycles. The fourth-order valence-corrected chi connectivity index (χ4v) is 1.27. The molecular weight excluding hydrogens is 229 g/mol. The second-order valence-corrected chi connectivity index (χ2v) is 4.50. The van der Waals surface area contributed by atoms with Crippen molar-refractivity contribution in [2.24, 2.45) is 0 Å². The van der Waals surface area contributed by atoms with Crippen LogP contribution in [0.5, 0.6) is 0 Å². The van der Waals surface area contributed by atoms with Crippen LogP contribution in [0.15, 0.2) is 0 Å². The van der Waals surface area contributed by atoms with Crippen molar-refractivity contribution in [3.8, 4) is 0 Å². The van der Waals surface area contributed by atoms with Crippen LogP contribution < -0.4 is 5.32 Å². The van der Waals surface area contributed by atoms with Crippen LogP contribution in [0.25, 0.3) is 0 Å². The molecule has 0 fully saturated rings. The fourth-order valence-electron chi connectivity index (χ4n) is 0.810. The average Bonchev–Trinajstić information content (AvgIpc) is 2.00. The molecule has 1 unspecified atom stereocenters. The van der Waals surface area contributed by atoms with Gasteiger partial charge in [0.15, 0.2) is 0 Å². The molecule has 0 aliphatic heterocycles. The lowest BCUT2D eigenvalue weighted by molar-refractivity contribution is -0.140. The Kier molecular flexibility index (Phi) is 5.45. The third kappa shape index (κ3) is 8.07. The molecule has 8 nitrogen and oxygen atoms in total. The summed E-state index contributed by atoms with van der Waals surface area (Å²) in [5, 5.41) is 19.0. The van der Waals surface area contributed by atoms with Crippen LogP contribution in [0.2, 0.25) is 0 Å². The smallest absolute Gasteiger partial charge is 0.339 e. The molecule has 0 heterocycles. The molecule has 0 aromatic rings. The third-order valence-electron chi connectivity index (χ3n) is 1.49. The Balaban J connectivity index is 4.11. The molecule has 0 amide bonds. The van der Waals surface area contributed by atoms with Gasteiger partial charge < -0.3 is 20.0 Å². The molecule has 0 rings (SSSR count). The predicted molar refractivity (Wildman–Crippen MR) is 48.3 cm³/mol. The predicted octanol–water partition coefficient (Wildman–Crippen LogP) is -0.971. The van der Waals surface area contributed by atoms with Crippen molar-refractivity contribution < 1.29 is 34.2 Å². The summed E-state index contributed by atoms with van der Waals surface area (Å²) in [6.45, 7) is 0. The third-order valence-corrected chi connectivity index (χ3v) is 2.08. The number of hydrogen-bond acceptors (Lipinski definition) is 4. The lowest BCUT2D eigenvalue weighted by atomic mass is 10.1. The van der Waals surface area contributed by atoms with Crippen molar-refractivity contribution in [3.05, 3.63) is 0 Å². The molecule has 0 aliphatic carbocycles. The van der Waals surface area contributed by atoms with Gasteiger partial charge in [-0.25, -0.2) is 0 Å². The number of carboxylic acids is 2. The van der Waals surface area contributed by atoms with Crippen LogP contribution in [-0.2, 0) is 14.2 Å². The lowest BCUT2D eigenvalue weighted by Gasteiger charge is -2.13. The Labute approximate surface area is 85.1 Å². The number of aliphatic carboxylic acids is 2. The molecule has 0 radical (unpaired) electrons. The van der Waals surface area contributed by atoms with E-state index in [0.717, 1.165) is 0 Å². The van der Waals surface area contributed by atoms with Gasteiger partial charge in [-0.05, 0) is 6.42 Å². The summed E-state index contributed by atoms with van der Waals surface area (Å²) in [5.74, 6) is -2.51. The minimum Gasteiger partial charge on any atom is -0.481 e. The normalized spacial score (nSPS) is 13.5. The molecule has 1 atom stereocenters. The van der Waals surface area contributed by atoms with Gasteiger partial charge in [0, 0.05) is 6.42 Å². The Morgan fingerprint density at radius 2 is 1.80 bits per heavy atom. The molecule has 0 aliphatic rings. The first-order valence-electron chi connectivity index (χ1n) is 3.95. The lowest BCUT2D eigenvalue weighted by Crippen LogP contribution is -2.37. The maximum atomic E-state index is 10.5. The molecule has 0 aromatic carbocycles. The number of hydrogen-bond donors (Lipinski definition) is 5. The molecule has 0 aromatic heterocycles. The maximum absolute atomic E-state index is 10.5. The highest BCUT2D eigenvalue weighted by atomic mass is 31.2. The van der Waals surface area contributed by atoms with Gasteiger partial charge in [0.2, 0.25) is 0 Å². The van der Waals surface area contributed by atoms with Gasteiger partial charge in [-0.2, -0.15) is 0 Å². The second kappa shape index (κ2) is 5.82. The molecule has 15 heavy (non-hydrogen) atoms. The van der Waals surface area contributed by atoms with Crippen molar-refractivity contribution in [1.82, 2.24) is 5.32 Å². The van der Waals surface area contributed by atoms with Gasteiger partial charge in [-0.3, -0.25) is 19.5 Å². The fraction of sp³-hybridized carbons (Fsp3) is 0.667. The summed E-state index contributed by atoms with van der Waals surface area (Å²) in [6.07, 6.45) is -1.40. The first-order valence-corrected chi connectivity index (χ1v) is 5.74. The summed E-state index contributed by atoms with van der Waals surface area (Å²) >= 11 is 0. The van der Waals surface area contributed by atoms with E-state index < -0.39 is 31.9 Å². The van der Waals surface area contributed by atoms with Crippen LogP contribution in [0.4, 0.5) is 0 Å². The van der Waals surface area contributed by atoms with Crippen molar-refractivity contribution in [2.45, 2.75) is 18.9 Å². The first-order chi connectivity index (χ1) is 6.72. The van der Waals surface area contributed by atoms with Crippen LogP contribution in [-0.4, -0.2) is 44.3 Å². The monoisotopic (exact) mass is 241 g/mol. The number of carboxylic acid groups (broad SMARTS) is 2. The Morgan fingerprint density at radius 3 is 2.13 bits per heavy atom. The zero-order valence-corrected chi connectivity index (χ0v) is 8.55. The van der Waals surface area contributed by atoms with Crippen LogP contribution in [0.1, 0.15) is 12.8 Å². The Hall–Kier alpha value is -0.950. The number of rotatable bonds is 7. The molecular formula is C6H12NO7P. The Morgan fingerprint density at radius 1 is 1.27 bits per heavy atom. The van der Waals surface area contributed by atoms with Gasteiger partial charge in [-0.1, -0.05) is 0 Å². The van der Waals surface area contributed by atoms with Crippen molar-refractivity contribution in [3.63, 3.8) is 0 Å². The highest BCUT2D eigenvalue weighted by Gasteiger charge is 2.22. The van der Waals surface area contributed by atoms with Gasteiger partial charge in [0.05, 0.1) is 6.29 Å². The van der Waals surface area contributed by atoms with Crippen LogP contribution in [0.3, 0.4) is 0 Å². The standard InChI is InChI=1S/C6H12NO7P/c8-5(9)2-1-4(6(10)11)7-3-15(12,13)14/h4,7H,1-3H2,(H,8,9)(H,10,11)(H2,12,13,14). The maximum Gasteiger partial charge on any atom is 0.339 e.